The second kappa shape index (κ2) is 7.30. The summed E-state index contributed by atoms with van der Waals surface area (Å²) in [5.41, 5.74) is 4.30. The summed E-state index contributed by atoms with van der Waals surface area (Å²) in [6.07, 6.45) is 3.20. The third kappa shape index (κ3) is 2.81. The summed E-state index contributed by atoms with van der Waals surface area (Å²) >= 11 is 0. The molecule has 0 atom stereocenters. The van der Waals surface area contributed by atoms with E-state index in [4.69, 9.17) is 5.21 Å². The standard InChI is InChI=1S/C23H19N3O/c27-25-17-22-21(16-24-26-22)23(18-10-4-1-5-11-18,19-12-6-2-7-13-19)20-14-8-3-9-15-20/h1-17,27H,(H,24,26). The Bertz CT molecular complexity index is 928. The summed E-state index contributed by atoms with van der Waals surface area (Å²) in [5.74, 6) is 0. The minimum absolute atomic E-state index is 0.604. The van der Waals surface area contributed by atoms with Gasteiger partial charge in [0.05, 0.1) is 23.5 Å². The fourth-order valence-corrected chi connectivity index (χ4v) is 3.78. The fraction of sp³-hybridized carbons (Fsp3) is 0.0435. The summed E-state index contributed by atoms with van der Waals surface area (Å²) in [6, 6.07) is 31.0. The van der Waals surface area contributed by atoms with Gasteiger partial charge in [0.25, 0.3) is 0 Å². The maximum Gasteiger partial charge on any atom is 0.0915 e. The van der Waals surface area contributed by atoms with E-state index in [0.29, 0.717) is 5.69 Å². The Labute approximate surface area is 157 Å². The van der Waals surface area contributed by atoms with E-state index in [1.54, 1.807) is 0 Å². The number of nitrogens with zero attached hydrogens (tertiary/aromatic N) is 2. The molecule has 0 radical (unpaired) electrons. The average Bonchev–Trinajstić information content (AvgIpc) is 3.20. The second-order valence-corrected chi connectivity index (χ2v) is 6.29. The zero-order valence-electron chi connectivity index (χ0n) is 14.7. The van der Waals surface area contributed by atoms with Crippen molar-refractivity contribution >= 4 is 6.21 Å². The summed E-state index contributed by atoms with van der Waals surface area (Å²) in [4.78, 5) is 0. The van der Waals surface area contributed by atoms with Gasteiger partial charge < -0.3 is 5.21 Å². The lowest BCUT2D eigenvalue weighted by Gasteiger charge is -2.36. The third-order valence-electron chi connectivity index (χ3n) is 4.88. The predicted molar refractivity (Wildman–Crippen MR) is 106 cm³/mol. The third-order valence-corrected chi connectivity index (χ3v) is 4.88. The molecule has 3 aromatic carbocycles. The highest BCUT2D eigenvalue weighted by molar-refractivity contribution is 5.81. The maximum absolute atomic E-state index is 9.16. The molecule has 1 aromatic heterocycles. The molecule has 0 spiro atoms. The van der Waals surface area contributed by atoms with Crippen LogP contribution >= 0.6 is 0 Å². The van der Waals surface area contributed by atoms with Crippen molar-refractivity contribution in [1.82, 2.24) is 10.2 Å². The number of rotatable bonds is 5. The summed E-state index contributed by atoms with van der Waals surface area (Å²) in [7, 11) is 0. The van der Waals surface area contributed by atoms with Crippen LogP contribution in [-0.2, 0) is 5.41 Å². The van der Waals surface area contributed by atoms with Crippen LogP contribution in [0.5, 0.6) is 0 Å². The normalized spacial score (nSPS) is 11.7. The molecule has 0 aliphatic carbocycles. The van der Waals surface area contributed by atoms with Crippen LogP contribution in [0.25, 0.3) is 0 Å². The van der Waals surface area contributed by atoms with Crippen molar-refractivity contribution in [3.8, 4) is 0 Å². The maximum atomic E-state index is 9.16. The van der Waals surface area contributed by atoms with Crippen LogP contribution in [0.2, 0.25) is 0 Å². The van der Waals surface area contributed by atoms with Gasteiger partial charge in [0.15, 0.2) is 0 Å². The highest BCUT2D eigenvalue weighted by Gasteiger charge is 2.40. The van der Waals surface area contributed by atoms with Crippen LogP contribution < -0.4 is 0 Å². The smallest absolute Gasteiger partial charge is 0.0915 e. The van der Waals surface area contributed by atoms with Crippen molar-refractivity contribution in [2.24, 2.45) is 5.16 Å². The molecule has 1 heterocycles. The first kappa shape index (κ1) is 16.8. The van der Waals surface area contributed by atoms with Gasteiger partial charge in [0.2, 0.25) is 0 Å². The molecule has 4 aromatic rings. The molecule has 0 bridgehead atoms. The lowest BCUT2D eigenvalue weighted by atomic mass is 9.65. The van der Waals surface area contributed by atoms with E-state index in [1.807, 2.05) is 60.8 Å². The molecular formula is C23H19N3O. The fourth-order valence-electron chi connectivity index (χ4n) is 3.78. The van der Waals surface area contributed by atoms with E-state index in [0.717, 1.165) is 22.3 Å². The molecule has 4 nitrogen and oxygen atoms in total. The van der Waals surface area contributed by atoms with Crippen LogP contribution in [0.1, 0.15) is 27.9 Å². The SMILES string of the molecule is ON=Cc1[nH]ncc1C(c1ccccc1)(c1ccccc1)c1ccccc1. The molecule has 0 saturated heterocycles. The quantitative estimate of drug-likeness (QED) is 0.238. The number of nitrogens with one attached hydrogen (secondary N) is 1. The average molecular weight is 353 g/mol. The minimum Gasteiger partial charge on any atom is -0.411 e. The van der Waals surface area contributed by atoms with Crippen LogP contribution in [-0.4, -0.2) is 21.6 Å². The minimum atomic E-state index is -0.604. The first-order valence-corrected chi connectivity index (χ1v) is 8.75. The van der Waals surface area contributed by atoms with Gasteiger partial charge in [-0.05, 0) is 16.7 Å². The monoisotopic (exact) mass is 353 g/mol. The van der Waals surface area contributed by atoms with Crippen LogP contribution in [0.15, 0.2) is 102 Å². The van der Waals surface area contributed by atoms with Gasteiger partial charge in [-0.3, -0.25) is 5.10 Å². The van der Waals surface area contributed by atoms with E-state index >= 15 is 0 Å². The van der Waals surface area contributed by atoms with Crippen molar-refractivity contribution in [1.29, 1.82) is 0 Å². The van der Waals surface area contributed by atoms with Crippen molar-refractivity contribution < 1.29 is 5.21 Å². The number of aromatic nitrogens is 2. The van der Waals surface area contributed by atoms with E-state index in [9.17, 15) is 0 Å². The Hall–Kier alpha value is -3.66. The van der Waals surface area contributed by atoms with Gasteiger partial charge in [-0.25, -0.2) is 0 Å². The molecule has 27 heavy (non-hydrogen) atoms. The van der Waals surface area contributed by atoms with Crippen molar-refractivity contribution in [3.05, 3.63) is 125 Å². The van der Waals surface area contributed by atoms with Crippen LogP contribution in [0, 0.1) is 0 Å². The number of aromatic amines is 1. The molecule has 4 rings (SSSR count). The van der Waals surface area contributed by atoms with E-state index < -0.39 is 5.41 Å². The van der Waals surface area contributed by atoms with Crippen LogP contribution in [0.4, 0.5) is 0 Å². The van der Waals surface area contributed by atoms with Gasteiger partial charge >= 0.3 is 0 Å². The first-order chi connectivity index (χ1) is 13.4. The van der Waals surface area contributed by atoms with Gasteiger partial charge in [-0.2, -0.15) is 5.10 Å². The van der Waals surface area contributed by atoms with E-state index in [-0.39, 0.29) is 0 Å². The molecule has 0 fully saturated rings. The van der Waals surface area contributed by atoms with Crippen LogP contribution in [0.3, 0.4) is 0 Å². The molecule has 0 aliphatic heterocycles. The number of hydrogen-bond acceptors (Lipinski definition) is 3. The van der Waals surface area contributed by atoms with Gasteiger partial charge in [0, 0.05) is 5.56 Å². The Kier molecular flexibility index (Phi) is 4.54. The van der Waals surface area contributed by atoms with Gasteiger partial charge in [-0.15, -0.1) is 0 Å². The van der Waals surface area contributed by atoms with Gasteiger partial charge in [-0.1, -0.05) is 96.2 Å². The first-order valence-electron chi connectivity index (χ1n) is 8.75. The van der Waals surface area contributed by atoms with Gasteiger partial charge in [0.1, 0.15) is 0 Å². The number of benzene rings is 3. The second-order valence-electron chi connectivity index (χ2n) is 6.29. The molecule has 0 aliphatic rings. The molecule has 2 N–H and O–H groups in total. The topological polar surface area (TPSA) is 61.3 Å². The Morgan fingerprint density at radius 1 is 0.741 bits per heavy atom. The lowest BCUT2D eigenvalue weighted by molar-refractivity contribution is 0.321. The summed E-state index contributed by atoms with van der Waals surface area (Å²) in [5, 5.41) is 19.6. The predicted octanol–water partition coefficient (Wildman–Crippen LogP) is 4.60. The number of oxime groups is 1. The Morgan fingerprint density at radius 3 is 1.59 bits per heavy atom. The highest BCUT2D eigenvalue weighted by atomic mass is 16.4. The van der Waals surface area contributed by atoms with Crippen molar-refractivity contribution in [3.63, 3.8) is 0 Å². The number of hydrogen-bond donors (Lipinski definition) is 2. The molecular weight excluding hydrogens is 334 g/mol. The summed E-state index contributed by atoms with van der Waals surface area (Å²) in [6.45, 7) is 0. The zero-order chi connectivity index (χ0) is 18.5. The van der Waals surface area contributed by atoms with E-state index in [1.165, 1.54) is 6.21 Å². The molecule has 132 valence electrons. The van der Waals surface area contributed by atoms with Crippen molar-refractivity contribution in [2.75, 3.05) is 0 Å². The Morgan fingerprint density at radius 2 is 1.19 bits per heavy atom. The largest absolute Gasteiger partial charge is 0.411 e. The lowest BCUT2D eigenvalue weighted by Crippen LogP contribution is -2.31. The molecule has 0 unspecified atom stereocenters. The molecule has 0 saturated carbocycles. The number of H-pyrrole nitrogens is 1. The highest BCUT2D eigenvalue weighted by Crippen LogP contribution is 2.45. The summed E-state index contributed by atoms with van der Waals surface area (Å²) < 4.78 is 0. The zero-order valence-corrected chi connectivity index (χ0v) is 14.7. The molecule has 4 heteroatoms. The van der Waals surface area contributed by atoms with E-state index in [2.05, 4.69) is 51.8 Å². The molecule has 0 amide bonds. The van der Waals surface area contributed by atoms with Crippen molar-refractivity contribution in [2.45, 2.75) is 5.41 Å². The Balaban J connectivity index is 2.15.